The number of hydrazine groups is 1. The molecule has 0 bridgehead atoms. The number of benzene rings is 2. The van der Waals surface area contributed by atoms with E-state index in [1.807, 2.05) is 19.1 Å². The molecule has 0 radical (unpaired) electrons. The van der Waals surface area contributed by atoms with Gasteiger partial charge in [0.2, 0.25) is 11.9 Å². The third-order valence-corrected chi connectivity index (χ3v) is 5.55. The van der Waals surface area contributed by atoms with Crippen molar-refractivity contribution in [3.8, 4) is 0 Å². The average Bonchev–Trinajstić information content (AvgIpc) is 2.80. The fourth-order valence-electron chi connectivity index (χ4n) is 3.30. The van der Waals surface area contributed by atoms with E-state index < -0.39 is 17.5 Å². The molecule has 6 nitrogen and oxygen atoms in total. The molecule has 0 saturated carbocycles. The number of guanidine groups is 1. The van der Waals surface area contributed by atoms with Crippen molar-refractivity contribution in [1.82, 2.24) is 15.8 Å². The fraction of sp³-hybridized carbons (Fsp3) is 0.240. The highest BCUT2D eigenvalue weighted by atomic mass is 31.0. The van der Waals surface area contributed by atoms with Crippen LogP contribution in [0.25, 0.3) is 0 Å². The van der Waals surface area contributed by atoms with Gasteiger partial charge in [0.15, 0.2) is 11.6 Å². The number of rotatable bonds is 7. The first-order valence-corrected chi connectivity index (χ1v) is 11.6. The van der Waals surface area contributed by atoms with Gasteiger partial charge in [0.1, 0.15) is 5.82 Å². The lowest BCUT2D eigenvalue weighted by Gasteiger charge is -2.31. The van der Waals surface area contributed by atoms with Crippen LogP contribution in [0.3, 0.4) is 0 Å². The van der Waals surface area contributed by atoms with E-state index in [4.69, 9.17) is 0 Å². The number of amides is 1. The lowest BCUT2D eigenvalue weighted by molar-refractivity contribution is -0.120. The molecule has 184 valence electrons. The number of carbonyl (C=O) groups is 1. The van der Waals surface area contributed by atoms with E-state index >= 15 is 0 Å². The Morgan fingerprint density at radius 2 is 1.94 bits per heavy atom. The zero-order valence-corrected chi connectivity index (χ0v) is 20.9. The molecular formula is C25H27F3N5OP. The van der Waals surface area contributed by atoms with Crippen molar-refractivity contribution in [2.45, 2.75) is 33.7 Å². The zero-order valence-electron chi connectivity index (χ0n) is 19.7. The Morgan fingerprint density at radius 1 is 1.17 bits per heavy atom. The SMILES string of the molecule is CC/C=C/C=C\N=C(C)c1cc(N=C2NC(=O)CNN2Cc2cc(F)c(F)c(P)c2)c(C)cc1F. The molecule has 1 fully saturated rings. The quantitative estimate of drug-likeness (QED) is 0.337. The highest BCUT2D eigenvalue weighted by molar-refractivity contribution is 7.27. The largest absolute Gasteiger partial charge is 0.294 e. The highest BCUT2D eigenvalue weighted by Crippen LogP contribution is 2.24. The van der Waals surface area contributed by atoms with Crippen LogP contribution in [-0.4, -0.2) is 29.1 Å². The summed E-state index contributed by atoms with van der Waals surface area (Å²) < 4.78 is 42.2. The van der Waals surface area contributed by atoms with E-state index in [1.54, 1.807) is 32.2 Å². The molecule has 0 spiro atoms. The highest BCUT2D eigenvalue weighted by Gasteiger charge is 2.23. The van der Waals surface area contributed by atoms with Gasteiger partial charge >= 0.3 is 0 Å². The average molecular weight is 501 g/mol. The number of aryl methyl sites for hydroxylation is 1. The Labute approximate surface area is 204 Å². The fourth-order valence-corrected chi connectivity index (χ4v) is 3.65. The van der Waals surface area contributed by atoms with E-state index in [0.717, 1.165) is 12.5 Å². The van der Waals surface area contributed by atoms with Gasteiger partial charge in [-0.3, -0.25) is 20.1 Å². The molecule has 0 aliphatic carbocycles. The maximum absolute atomic E-state index is 14.7. The number of halogens is 3. The Balaban J connectivity index is 1.94. The molecule has 2 aromatic rings. The minimum atomic E-state index is -0.972. The summed E-state index contributed by atoms with van der Waals surface area (Å²) in [6.45, 7) is 5.49. The Morgan fingerprint density at radius 3 is 2.66 bits per heavy atom. The second-order valence-corrected chi connectivity index (χ2v) is 8.52. The smallest absolute Gasteiger partial charge is 0.242 e. The number of aliphatic imine (C=N–C) groups is 2. The molecule has 3 rings (SSSR count). The number of hydrogen-bond donors (Lipinski definition) is 2. The minimum Gasteiger partial charge on any atom is -0.294 e. The van der Waals surface area contributed by atoms with Crippen molar-refractivity contribution < 1.29 is 18.0 Å². The van der Waals surface area contributed by atoms with Crippen molar-refractivity contribution in [3.63, 3.8) is 0 Å². The first-order valence-electron chi connectivity index (χ1n) is 11.0. The van der Waals surface area contributed by atoms with Crippen LogP contribution in [0.5, 0.6) is 0 Å². The predicted molar refractivity (Wildman–Crippen MR) is 136 cm³/mol. The molecular weight excluding hydrogens is 474 g/mol. The summed E-state index contributed by atoms with van der Waals surface area (Å²) in [7, 11) is 2.15. The van der Waals surface area contributed by atoms with E-state index in [0.29, 0.717) is 22.5 Å². The van der Waals surface area contributed by atoms with Crippen LogP contribution in [0.4, 0.5) is 18.9 Å². The van der Waals surface area contributed by atoms with E-state index in [-0.39, 0.29) is 35.8 Å². The second-order valence-electron chi connectivity index (χ2n) is 7.90. The summed E-state index contributed by atoms with van der Waals surface area (Å²) in [6.07, 6.45) is 8.09. The minimum absolute atomic E-state index is 0.0192. The maximum atomic E-state index is 14.7. The number of carbonyl (C=O) groups excluding carboxylic acids is 1. The van der Waals surface area contributed by atoms with Crippen LogP contribution in [0.15, 0.2) is 58.7 Å². The summed E-state index contributed by atoms with van der Waals surface area (Å²) in [5.74, 6) is -2.52. The van der Waals surface area contributed by atoms with Gasteiger partial charge in [0.25, 0.3) is 0 Å². The van der Waals surface area contributed by atoms with Crippen molar-refractivity contribution >= 4 is 37.8 Å². The lowest BCUT2D eigenvalue weighted by Crippen LogP contribution is -2.59. The topological polar surface area (TPSA) is 69.1 Å². The van der Waals surface area contributed by atoms with Crippen LogP contribution < -0.4 is 16.0 Å². The standard InChI is InChI=1S/C25H27F3N5OP/c1-4-5-6-7-8-29-16(3)18-12-21(15(2)9-19(18)26)31-25-32-23(34)13-30-33(25)14-17-10-20(27)24(28)22(35)11-17/h5-12,30H,4,13-14,35H2,1-3H3,(H,31,32,34)/b6-5+,8-7-,29-16?. The molecule has 1 atom stereocenters. The first kappa shape index (κ1) is 26.3. The summed E-state index contributed by atoms with van der Waals surface area (Å²) >= 11 is 0. The molecule has 1 aliphatic rings. The molecule has 1 saturated heterocycles. The van der Waals surface area contributed by atoms with Gasteiger partial charge in [-0.05, 0) is 61.7 Å². The van der Waals surface area contributed by atoms with Gasteiger partial charge in [-0.15, -0.1) is 9.24 Å². The van der Waals surface area contributed by atoms with Crippen LogP contribution in [-0.2, 0) is 11.3 Å². The molecule has 1 amide bonds. The number of nitrogens with zero attached hydrogens (tertiary/aromatic N) is 3. The van der Waals surface area contributed by atoms with Crippen LogP contribution in [0.2, 0.25) is 0 Å². The Kier molecular flexibility index (Phi) is 8.95. The summed E-state index contributed by atoms with van der Waals surface area (Å²) in [6, 6.07) is 5.49. The van der Waals surface area contributed by atoms with Crippen molar-refractivity contribution in [2.75, 3.05) is 6.54 Å². The first-order chi connectivity index (χ1) is 16.7. The van der Waals surface area contributed by atoms with Gasteiger partial charge in [0, 0.05) is 22.8 Å². The van der Waals surface area contributed by atoms with Gasteiger partial charge in [-0.25, -0.2) is 23.6 Å². The van der Waals surface area contributed by atoms with Gasteiger partial charge in [-0.1, -0.05) is 19.1 Å². The summed E-state index contributed by atoms with van der Waals surface area (Å²) in [5, 5.41) is 4.29. The molecule has 2 N–H and O–H groups in total. The number of allylic oxidation sites excluding steroid dienone is 3. The number of nitrogens with one attached hydrogen (secondary N) is 2. The van der Waals surface area contributed by atoms with Crippen LogP contribution >= 0.6 is 9.24 Å². The van der Waals surface area contributed by atoms with Crippen molar-refractivity contribution in [1.29, 1.82) is 0 Å². The summed E-state index contributed by atoms with van der Waals surface area (Å²) in [4.78, 5) is 20.9. The van der Waals surface area contributed by atoms with Crippen molar-refractivity contribution in [2.24, 2.45) is 9.98 Å². The normalized spacial score (nSPS) is 16.1. The van der Waals surface area contributed by atoms with E-state index in [1.165, 1.54) is 17.1 Å². The molecule has 35 heavy (non-hydrogen) atoms. The van der Waals surface area contributed by atoms with E-state index in [9.17, 15) is 18.0 Å². The Bertz CT molecular complexity index is 1220. The van der Waals surface area contributed by atoms with E-state index in [2.05, 4.69) is 30.0 Å². The number of hydrogen-bond acceptors (Lipinski definition) is 4. The second kappa shape index (κ2) is 11.9. The molecule has 2 aromatic carbocycles. The Hall–Kier alpha value is -3.29. The monoisotopic (exact) mass is 501 g/mol. The summed E-state index contributed by atoms with van der Waals surface area (Å²) in [5.41, 5.74) is 5.08. The van der Waals surface area contributed by atoms with Crippen LogP contribution in [0.1, 0.15) is 37.0 Å². The van der Waals surface area contributed by atoms with Crippen LogP contribution in [0, 0.1) is 24.4 Å². The third kappa shape index (κ3) is 6.87. The van der Waals surface area contributed by atoms with Gasteiger partial charge in [0.05, 0.1) is 18.8 Å². The molecule has 1 heterocycles. The lowest BCUT2D eigenvalue weighted by atomic mass is 10.1. The van der Waals surface area contributed by atoms with Gasteiger partial charge in [-0.2, -0.15) is 0 Å². The molecule has 1 unspecified atom stereocenters. The van der Waals surface area contributed by atoms with Crippen molar-refractivity contribution in [3.05, 3.63) is 82.8 Å². The predicted octanol–water partition coefficient (Wildman–Crippen LogP) is 4.33. The maximum Gasteiger partial charge on any atom is 0.242 e. The molecule has 10 heteroatoms. The molecule has 1 aliphatic heterocycles. The molecule has 0 aromatic heterocycles. The van der Waals surface area contributed by atoms with Gasteiger partial charge < -0.3 is 0 Å². The zero-order chi connectivity index (χ0) is 25.5. The third-order valence-electron chi connectivity index (χ3n) is 5.13.